The molecule has 0 bridgehead atoms. The number of aromatic nitrogens is 2. The molecule has 1 aromatic heterocycles. The van der Waals surface area contributed by atoms with Gasteiger partial charge in [-0.25, -0.2) is 9.82 Å². The van der Waals surface area contributed by atoms with Crippen molar-refractivity contribution in [2.75, 3.05) is 10.5 Å². The van der Waals surface area contributed by atoms with Gasteiger partial charge in [0.2, 0.25) is 0 Å². The second-order valence-corrected chi connectivity index (χ2v) is 9.50. The number of nitrogens with two attached hydrogens (primary N) is 2. The van der Waals surface area contributed by atoms with E-state index in [-0.39, 0.29) is 12.1 Å². The summed E-state index contributed by atoms with van der Waals surface area (Å²) in [6.45, 7) is 0. The van der Waals surface area contributed by atoms with E-state index >= 15 is 0 Å². The molecule has 0 saturated carbocycles. The molecule has 8 nitrogen and oxygen atoms in total. The van der Waals surface area contributed by atoms with Crippen LogP contribution in [0.15, 0.2) is 17.0 Å². The predicted octanol–water partition coefficient (Wildman–Crippen LogP) is 3.91. The summed E-state index contributed by atoms with van der Waals surface area (Å²) in [6.07, 6.45) is 0. The Morgan fingerprint density at radius 3 is 2.04 bits per heavy atom. The van der Waals surface area contributed by atoms with Crippen molar-refractivity contribution in [3.05, 3.63) is 27.9 Å². The van der Waals surface area contributed by atoms with Gasteiger partial charge in [-0.2, -0.15) is 18.8 Å². The lowest BCUT2D eigenvalue weighted by atomic mass is 10.3. The standard InChI is InChI=1S/C10H7Cl2F5N6O2S2/c11-5-1-4(27(13,14,15,16)17)2-6(12)9(5)23-10(19)8(7(3-18)21-23)22-26(20,24)25/h1-2,22H,19H2,(H2,20,24,25). The maximum Gasteiger partial charge on any atom is 0.310 e. The number of halogens is 7. The third kappa shape index (κ3) is 4.47. The average molecular weight is 473 g/mol. The lowest BCUT2D eigenvalue weighted by Gasteiger charge is -2.40. The molecule has 0 fully saturated rings. The molecule has 0 atom stereocenters. The lowest BCUT2D eigenvalue weighted by Crippen LogP contribution is -2.22. The summed E-state index contributed by atoms with van der Waals surface area (Å²) < 4.78 is 89.1. The van der Waals surface area contributed by atoms with Crippen molar-refractivity contribution in [3.63, 3.8) is 0 Å². The smallest absolute Gasteiger partial charge is 0.310 e. The van der Waals surface area contributed by atoms with E-state index < -0.39 is 58.3 Å². The van der Waals surface area contributed by atoms with Gasteiger partial charge in [0.1, 0.15) is 22.3 Å². The third-order valence-electron chi connectivity index (χ3n) is 2.92. The van der Waals surface area contributed by atoms with Crippen LogP contribution in [0.1, 0.15) is 5.69 Å². The number of nitrogens with one attached hydrogen (secondary N) is 1. The first-order valence-electron chi connectivity index (χ1n) is 6.16. The van der Waals surface area contributed by atoms with Crippen LogP contribution in [0, 0.1) is 11.3 Å². The second kappa shape index (κ2) is 5.52. The zero-order valence-electron chi connectivity index (χ0n) is 12.4. The highest BCUT2D eigenvalue weighted by Gasteiger charge is 2.65. The Labute approximate surface area is 158 Å². The van der Waals surface area contributed by atoms with Crippen molar-refractivity contribution in [1.29, 1.82) is 5.26 Å². The number of nitrogen functional groups attached to an aromatic ring is 1. The zero-order chi connectivity index (χ0) is 21.1. The summed E-state index contributed by atoms with van der Waals surface area (Å²) in [4.78, 5) is -2.36. The van der Waals surface area contributed by atoms with Crippen LogP contribution in [0.4, 0.5) is 30.9 Å². The molecule has 0 spiro atoms. The van der Waals surface area contributed by atoms with Crippen LogP contribution in [-0.2, 0) is 10.2 Å². The van der Waals surface area contributed by atoms with E-state index in [2.05, 4.69) is 5.10 Å². The molecular formula is C10H7Cl2F5N6O2S2. The molecule has 0 saturated heterocycles. The van der Waals surface area contributed by atoms with Crippen molar-refractivity contribution >= 4 is 55.1 Å². The van der Waals surface area contributed by atoms with Crippen LogP contribution < -0.4 is 15.6 Å². The molecule has 2 aromatic rings. The van der Waals surface area contributed by atoms with Crippen molar-refractivity contribution in [1.82, 2.24) is 9.78 Å². The fraction of sp³-hybridized carbons (Fsp3) is 0. The minimum atomic E-state index is -10.1. The zero-order valence-corrected chi connectivity index (χ0v) is 15.6. The van der Waals surface area contributed by atoms with Gasteiger partial charge in [-0.3, -0.25) is 4.72 Å². The number of hydrogen-bond donors (Lipinski definition) is 3. The van der Waals surface area contributed by atoms with E-state index in [1.807, 2.05) is 0 Å². The van der Waals surface area contributed by atoms with Crippen LogP contribution >= 0.6 is 33.4 Å². The normalized spacial score (nSPS) is 14.9. The maximum absolute atomic E-state index is 12.9. The molecule has 0 unspecified atom stereocenters. The number of nitrogens with zero attached hydrogens (tertiary/aromatic N) is 3. The van der Waals surface area contributed by atoms with Gasteiger partial charge >= 0.3 is 10.2 Å². The summed E-state index contributed by atoms with van der Waals surface area (Å²) in [7, 11) is -14.5. The number of rotatable bonds is 4. The Kier molecular flexibility index (Phi) is 4.35. The van der Waals surface area contributed by atoms with E-state index in [0.29, 0.717) is 4.68 Å². The van der Waals surface area contributed by atoms with Crippen molar-refractivity contribution in [3.8, 4) is 11.8 Å². The monoisotopic (exact) mass is 472 g/mol. The molecule has 0 amide bonds. The highest BCUT2D eigenvalue weighted by Crippen LogP contribution is 3.02. The molecule has 150 valence electrons. The molecule has 5 N–H and O–H groups in total. The van der Waals surface area contributed by atoms with Gasteiger partial charge in [0.15, 0.2) is 11.5 Å². The lowest BCUT2D eigenvalue weighted by molar-refractivity contribution is 0.364. The Morgan fingerprint density at radius 1 is 1.19 bits per heavy atom. The Morgan fingerprint density at radius 2 is 1.67 bits per heavy atom. The minimum Gasteiger partial charge on any atom is -0.382 e. The van der Waals surface area contributed by atoms with Crippen LogP contribution in [0.3, 0.4) is 0 Å². The molecule has 27 heavy (non-hydrogen) atoms. The van der Waals surface area contributed by atoms with Crippen molar-refractivity contribution < 1.29 is 27.8 Å². The molecule has 0 aliphatic heterocycles. The fourth-order valence-electron chi connectivity index (χ4n) is 1.89. The first kappa shape index (κ1) is 21.3. The number of hydrogen-bond acceptors (Lipinski definition) is 5. The SMILES string of the molecule is N#Cc1nn(-c2c(Cl)cc(S(F)(F)(F)(F)F)cc2Cl)c(N)c1NS(N)(=O)=O. The summed E-state index contributed by atoms with van der Waals surface area (Å²) in [6, 6.07) is 1.28. The van der Waals surface area contributed by atoms with Crippen LogP contribution in [0.25, 0.3) is 5.69 Å². The van der Waals surface area contributed by atoms with Crippen LogP contribution in [0.5, 0.6) is 0 Å². The molecule has 0 aliphatic rings. The molecule has 2 rings (SSSR count). The van der Waals surface area contributed by atoms with E-state index in [1.165, 1.54) is 6.07 Å². The van der Waals surface area contributed by atoms with Crippen LogP contribution in [-0.4, -0.2) is 18.2 Å². The van der Waals surface area contributed by atoms with Gasteiger partial charge in [0, 0.05) is 0 Å². The topological polar surface area (TPSA) is 140 Å². The van der Waals surface area contributed by atoms with Gasteiger partial charge in [-0.15, -0.1) is 0 Å². The van der Waals surface area contributed by atoms with E-state index in [0.717, 1.165) is 0 Å². The summed E-state index contributed by atoms with van der Waals surface area (Å²) in [5, 5.41) is 15.4. The molecular weight excluding hydrogens is 466 g/mol. The fourth-order valence-corrected chi connectivity index (χ4v) is 3.83. The highest BCUT2D eigenvalue weighted by molar-refractivity contribution is 8.45. The largest absolute Gasteiger partial charge is 0.382 e. The molecule has 0 radical (unpaired) electrons. The second-order valence-electron chi connectivity index (χ2n) is 4.98. The summed E-state index contributed by atoms with van der Waals surface area (Å²) >= 11 is 11.3. The number of benzene rings is 1. The van der Waals surface area contributed by atoms with E-state index in [4.69, 9.17) is 39.3 Å². The Balaban J connectivity index is 2.77. The molecule has 1 aromatic carbocycles. The summed E-state index contributed by atoms with van der Waals surface area (Å²) in [5.41, 5.74) is 3.78. The quantitative estimate of drug-likeness (QED) is 0.578. The number of anilines is 2. The maximum atomic E-state index is 12.9. The van der Waals surface area contributed by atoms with Crippen molar-refractivity contribution in [2.45, 2.75) is 4.90 Å². The first-order chi connectivity index (χ1) is 11.8. The van der Waals surface area contributed by atoms with E-state index in [1.54, 1.807) is 4.72 Å². The molecule has 1 heterocycles. The Hall–Kier alpha value is -1.99. The van der Waals surface area contributed by atoms with Gasteiger partial charge < -0.3 is 5.73 Å². The number of nitriles is 1. The van der Waals surface area contributed by atoms with E-state index in [9.17, 15) is 27.8 Å². The summed E-state index contributed by atoms with van der Waals surface area (Å²) in [5.74, 6) is -0.635. The molecule has 17 heteroatoms. The van der Waals surface area contributed by atoms with Gasteiger partial charge in [0.05, 0.1) is 10.0 Å². The van der Waals surface area contributed by atoms with Gasteiger partial charge in [0.25, 0.3) is 10.2 Å². The third-order valence-corrected chi connectivity index (χ3v) is 5.11. The van der Waals surface area contributed by atoms with Gasteiger partial charge in [-0.05, 0) is 12.1 Å². The van der Waals surface area contributed by atoms with Crippen LogP contribution in [0.2, 0.25) is 10.0 Å². The molecule has 0 aliphatic carbocycles. The average Bonchev–Trinajstić information content (AvgIpc) is 2.71. The minimum absolute atomic E-state index is 0.0930. The van der Waals surface area contributed by atoms with Gasteiger partial charge in [-0.1, -0.05) is 42.6 Å². The first-order valence-corrected chi connectivity index (χ1v) is 10.4. The predicted molar refractivity (Wildman–Crippen MR) is 90.8 cm³/mol. The highest BCUT2D eigenvalue weighted by atomic mass is 35.5. The Bertz CT molecular complexity index is 1090. The van der Waals surface area contributed by atoms with Crippen molar-refractivity contribution in [2.24, 2.45) is 5.14 Å².